The van der Waals surface area contributed by atoms with Crippen molar-refractivity contribution < 1.29 is 14.3 Å². The van der Waals surface area contributed by atoms with E-state index in [0.717, 1.165) is 0 Å². The maximum atomic E-state index is 11.3. The minimum Gasteiger partial charge on any atom is -0.422 e. The molecule has 2 rings (SSSR count). The summed E-state index contributed by atoms with van der Waals surface area (Å²) in [5.74, 6) is -0.801. The molecule has 0 aromatic heterocycles. The lowest BCUT2D eigenvalue weighted by Gasteiger charge is -2.13. The van der Waals surface area contributed by atoms with Crippen molar-refractivity contribution in [1.82, 2.24) is 0 Å². The largest absolute Gasteiger partial charge is 0.422 e. The van der Waals surface area contributed by atoms with Crippen LogP contribution in [0.2, 0.25) is 0 Å². The first-order valence-electron chi connectivity index (χ1n) is 4.41. The average molecular weight is 200 g/mol. The maximum Gasteiger partial charge on any atom is 0.346 e. The number of ether oxygens (including phenoxy) is 1. The van der Waals surface area contributed by atoms with Crippen LogP contribution in [0.5, 0.6) is 0 Å². The van der Waals surface area contributed by atoms with Crippen molar-refractivity contribution in [2.24, 2.45) is 0 Å². The van der Waals surface area contributed by atoms with Gasteiger partial charge in [0.15, 0.2) is 5.78 Å². The van der Waals surface area contributed by atoms with Crippen LogP contribution < -0.4 is 0 Å². The van der Waals surface area contributed by atoms with E-state index in [-0.39, 0.29) is 11.3 Å². The molecule has 1 aromatic rings. The second-order valence-corrected chi connectivity index (χ2v) is 3.11. The molecule has 0 unspecified atom stereocenters. The van der Waals surface area contributed by atoms with Crippen molar-refractivity contribution >= 4 is 17.5 Å². The number of benzene rings is 1. The van der Waals surface area contributed by atoms with Gasteiger partial charge in [0.2, 0.25) is 0 Å². The third kappa shape index (κ3) is 1.72. The van der Waals surface area contributed by atoms with Gasteiger partial charge >= 0.3 is 5.97 Å². The number of hydrogen-bond donors (Lipinski definition) is 0. The normalized spacial score (nSPS) is 16.0. The fraction of sp³-hybridized carbons (Fsp3) is 0. The van der Waals surface area contributed by atoms with E-state index in [9.17, 15) is 9.59 Å². The average Bonchev–Trinajstić information content (AvgIpc) is 2.26. The molecule has 0 bridgehead atoms. The molecule has 3 nitrogen and oxygen atoms in total. The second-order valence-electron chi connectivity index (χ2n) is 3.11. The number of rotatable bonds is 1. The third-order valence-corrected chi connectivity index (χ3v) is 2.07. The van der Waals surface area contributed by atoms with E-state index in [1.807, 2.05) is 6.07 Å². The fourth-order valence-electron chi connectivity index (χ4n) is 1.24. The van der Waals surface area contributed by atoms with E-state index in [1.54, 1.807) is 24.3 Å². The number of esters is 1. The molecule has 0 spiro atoms. The molecule has 0 radical (unpaired) electrons. The third-order valence-electron chi connectivity index (χ3n) is 2.07. The molecule has 0 fully saturated rings. The van der Waals surface area contributed by atoms with Crippen LogP contribution in [0.1, 0.15) is 5.56 Å². The van der Waals surface area contributed by atoms with Crippen molar-refractivity contribution in [2.75, 3.05) is 0 Å². The lowest BCUT2D eigenvalue weighted by atomic mass is 10.1. The summed E-state index contributed by atoms with van der Waals surface area (Å²) in [6, 6.07) is 8.98. The molecule has 3 heteroatoms. The summed E-state index contributed by atoms with van der Waals surface area (Å²) in [6.45, 7) is 3.34. The monoisotopic (exact) mass is 200 g/mol. The molecular weight excluding hydrogens is 192 g/mol. The fourth-order valence-corrected chi connectivity index (χ4v) is 1.24. The molecule has 0 N–H and O–H groups in total. The van der Waals surface area contributed by atoms with Gasteiger partial charge in [-0.2, -0.15) is 0 Å². The smallest absolute Gasteiger partial charge is 0.346 e. The molecule has 0 aliphatic carbocycles. The minimum absolute atomic E-state index is 0.130. The highest BCUT2D eigenvalue weighted by Crippen LogP contribution is 2.21. The Hall–Kier alpha value is -2.16. The van der Waals surface area contributed by atoms with Crippen LogP contribution in [0, 0.1) is 0 Å². The van der Waals surface area contributed by atoms with Gasteiger partial charge in [-0.25, -0.2) is 4.79 Å². The highest BCUT2D eigenvalue weighted by atomic mass is 16.5. The van der Waals surface area contributed by atoms with Crippen LogP contribution in [-0.2, 0) is 14.3 Å². The van der Waals surface area contributed by atoms with Gasteiger partial charge in [0.1, 0.15) is 11.3 Å². The summed E-state index contributed by atoms with van der Waals surface area (Å²) in [5, 5.41) is 0. The van der Waals surface area contributed by atoms with Crippen LogP contribution in [0.15, 0.2) is 48.6 Å². The Morgan fingerprint density at radius 1 is 1.07 bits per heavy atom. The van der Waals surface area contributed by atoms with E-state index < -0.39 is 11.8 Å². The van der Waals surface area contributed by atoms with Gasteiger partial charge in [-0.1, -0.05) is 36.9 Å². The molecule has 74 valence electrons. The Kier molecular flexibility index (Phi) is 2.21. The standard InChI is InChI=1S/C12H8O3/c1-8-10(13)7-11(15-12(8)14)9-5-3-2-4-6-9/h2-7H,1H2. The molecule has 1 aliphatic rings. The number of allylic oxidation sites excluding steroid dienone is 1. The summed E-state index contributed by atoms with van der Waals surface area (Å²) < 4.78 is 4.96. The SMILES string of the molecule is C=C1C(=O)C=C(c2ccccc2)OC1=O. The highest BCUT2D eigenvalue weighted by molar-refractivity contribution is 6.26. The number of cyclic esters (lactones) is 1. The van der Waals surface area contributed by atoms with Crippen molar-refractivity contribution in [3.63, 3.8) is 0 Å². The topological polar surface area (TPSA) is 43.4 Å². The van der Waals surface area contributed by atoms with Gasteiger partial charge < -0.3 is 4.74 Å². The van der Waals surface area contributed by atoms with Crippen molar-refractivity contribution in [3.05, 3.63) is 54.1 Å². The Balaban J connectivity index is 2.41. The number of carbonyl (C=O) groups is 2. The molecule has 0 amide bonds. The summed E-state index contributed by atoms with van der Waals surface area (Å²) in [5.41, 5.74) is 0.571. The van der Waals surface area contributed by atoms with E-state index in [0.29, 0.717) is 5.56 Å². The quantitative estimate of drug-likeness (QED) is 0.393. The number of hydrogen-bond acceptors (Lipinski definition) is 3. The molecule has 1 heterocycles. The molecule has 0 saturated heterocycles. The first-order chi connectivity index (χ1) is 7.18. The second kappa shape index (κ2) is 3.53. The van der Waals surface area contributed by atoms with Crippen molar-refractivity contribution in [3.8, 4) is 0 Å². The molecular formula is C12H8O3. The Morgan fingerprint density at radius 2 is 1.73 bits per heavy atom. The molecule has 15 heavy (non-hydrogen) atoms. The van der Waals surface area contributed by atoms with Gasteiger partial charge in [-0.3, -0.25) is 4.79 Å². The zero-order valence-corrected chi connectivity index (χ0v) is 7.90. The van der Waals surface area contributed by atoms with Gasteiger partial charge in [0.25, 0.3) is 0 Å². The van der Waals surface area contributed by atoms with Crippen LogP contribution >= 0.6 is 0 Å². The number of carbonyl (C=O) groups excluding carboxylic acids is 2. The summed E-state index contributed by atoms with van der Waals surface area (Å²) in [7, 11) is 0. The lowest BCUT2D eigenvalue weighted by molar-refractivity contribution is -0.134. The summed E-state index contributed by atoms with van der Waals surface area (Å²) >= 11 is 0. The van der Waals surface area contributed by atoms with Crippen LogP contribution in [-0.4, -0.2) is 11.8 Å². The molecule has 0 atom stereocenters. The van der Waals surface area contributed by atoms with E-state index in [4.69, 9.17) is 4.74 Å². The van der Waals surface area contributed by atoms with Gasteiger partial charge in [-0.15, -0.1) is 0 Å². The Morgan fingerprint density at radius 3 is 2.33 bits per heavy atom. The Bertz CT molecular complexity index is 469. The number of ketones is 1. The van der Waals surface area contributed by atoms with E-state index >= 15 is 0 Å². The van der Waals surface area contributed by atoms with Gasteiger partial charge in [-0.05, 0) is 0 Å². The minimum atomic E-state index is -0.679. The molecule has 0 saturated carbocycles. The zero-order valence-electron chi connectivity index (χ0n) is 7.90. The molecule has 1 aliphatic heterocycles. The van der Waals surface area contributed by atoms with Gasteiger partial charge in [0.05, 0.1) is 0 Å². The summed E-state index contributed by atoms with van der Waals surface area (Å²) in [4.78, 5) is 22.5. The predicted molar refractivity (Wildman–Crippen MR) is 54.7 cm³/mol. The van der Waals surface area contributed by atoms with Crippen molar-refractivity contribution in [2.45, 2.75) is 0 Å². The van der Waals surface area contributed by atoms with Crippen molar-refractivity contribution in [1.29, 1.82) is 0 Å². The molecule has 1 aromatic carbocycles. The van der Waals surface area contributed by atoms with Crippen LogP contribution in [0.4, 0.5) is 0 Å². The van der Waals surface area contributed by atoms with Crippen LogP contribution in [0.25, 0.3) is 5.76 Å². The first-order valence-corrected chi connectivity index (χ1v) is 4.41. The predicted octanol–water partition coefficient (Wildman–Crippen LogP) is 1.71. The lowest BCUT2D eigenvalue weighted by Crippen LogP contribution is -2.18. The maximum absolute atomic E-state index is 11.3. The Labute approximate surface area is 86.7 Å². The highest BCUT2D eigenvalue weighted by Gasteiger charge is 2.24. The zero-order chi connectivity index (χ0) is 10.8. The van der Waals surface area contributed by atoms with Crippen LogP contribution in [0.3, 0.4) is 0 Å². The van der Waals surface area contributed by atoms with Gasteiger partial charge in [0, 0.05) is 11.6 Å². The summed E-state index contributed by atoms with van der Waals surface area (Å²) in [6.07, 6.45) is 1.28. The van der Waals surface area contributed by atoms with E-state index in [1.165, 1.54) is 6.08 Å². The first kappa shape index (κ1) is 9.40. The van der Waals surface area contributed by atoms with E-state index in [2.05, 4.69) is 6.58 Å².